The highest BCUT2D eigenvalue weighted by Crippen LogP contribution is 2.16. The number of rotatable bonds is 6. The third kappa shape index (κ3) is 4.05. The Kier molecular flexibility index (Phi) is 4.83. The number of aromatic nitrogens is 2. The van der Waals surface area contributed by atoms with Crippen LogP contribution in [0, 0.1) is 0 Å². The maximum absolute atomic E-state index is 5.84. The van der Waals surface area contributed by atoms with E-state index in [2.05, 4.69) is 48.3 Å². The minimum Gasteiger partial charge on any atom is -0.415 e. The van der Waals surface area contributed by atoms with Crippen molar-refractivity contribution in [1.82, 2.24) is 10.2 Å². The molecule has 0 spiro atoms. The van der Waals surface area contributed by atoms with Gasteiger partial charge in [-0.3, -0.25) is 0 Å². The second kappa shape index (κ2) is 7.20. The van der Waals surface area contributed by atoms with Crippen LogP contribution in [-0.4, -0.2) is 16.2 Å². The lowest BCUT2D eigenvalue weighted by atomic mass is 10.2. The highest BCUT2D eigenvalue weighted by Gasteiger charge is 2.19. The van der Waals surface area contributed by atoms with Gasteiger partial charge in [0.2, 0.25) is 5.89 Å². The highest BCUT2D eigenvalue weighted by atomic mass is 16.4. The van der Waals surface area contributed by atoms with Gasteiger partial charge in [0.05, 0.1) is 6.04 Å². The van der Waals surface area contributed by atoms with Crippen LogP contribution in [0.4, 0.5) is 0 Å². The Morgan fingerprint density at radius 3 is 2.17 bits per heavy atom. The van der Waals surface area contributed by atoms with Crippen molar-refractivity contribution in [3.63, 3.8) is 0 Å². The van der Waals surface area contributed by atoms with Gasteiger partial charge in [-0.1, -0.05) is 48.5 Å². The Bertz CT molecular complexity index is 723. The molecule has 0 saturated carbocycles. The maximum Gasteiger partial charge on any atom is 0.271 e. The van der Waals surface area contributed by atoms with Crippen LogP contribution in [0.1, 0.15) is 25.3 Å². The average molecular weight is 308 g/mol. The molecular weight excluding hydrogens is 286 g/mol. The lowest BCUT2D eigenvalue weighted by molar-refractivity contribution is -0.949. The first-order chi connectivity index (χ1) is 11.2. The van der Waals surface area contributed by atoms with Gasteiger partial charge in [-0.05, 0) is 26.0 Å². The van der Waals surface area contributed by atoms with E-state index in [1.165, 1.54) is 10.5 Å². The second-order valence-corrected chi connectivity index (χ2v) is 6.02. The first kappa shape index (κ1) is 15.4. The van der Waals surface area contributed by atoms with E-state index in [4.69, 9.17) is 4.42 Å². The molecule has 0 radical (unpaired) electrons. The Balaban J connectivity index is 1.72. The lowest BCUT2D eigenvalue weighted by Gasteiger charge is -2.21. The molecule has 0 aliphatic carbocycles. The summed E-state index contributed by atoms with van der Waals surface area (Å²) in [5, 5.41) is 8.39. The van der Waals surface area contributed by atoms with Gasteiger partial charge in [-0.25, -0.2) is 0 Å². The first-order valence-corrected chi connectivity index (χ1v) is 7.98. The summed E-state index contributed by atoms with van der Waals surface area (Å²) in [6.07, 6.45) is 0. The summed E-state index contributed by atoms with van der Waals surface area (Å²) < 4.78 is 5.84. The first-order valence-electron chi connectivity index (χ1n) is 7.98. The van der Waals surface area contributed by atoms with E-state index in [-0.39, 0.29) is 0 Å². The quantitative estimate of drug-likeness (QED) is 0.761. The SMILES string of the molecule is CC(C)[NH+](Cc1ccccc1)Cc1nnc(-c2ccccc2)o1. The molecule has 0 aliphatic rings. The van der Waals surface area contributed by atoms with Crippen LogP contribution in [0.3, 0.4) is 0 Å². The molecule has 4 nitrogen and oxygen atoms in total. The molecule has 3 aromatic rings. The third-order valence-electron chi connectivity index (χ3n) is 3.96. The van der Waals surface area contributed by atoms with E-state index in [0.29, 0.717) is 17.8 Å². The molecule has 0 bridgehead atoms. The minimum absolute atomic E-state index is 0.474. The standard InChI is InChI=1S/C19H21N3O/c1-15(2)22(13-16-9-5-3-6-10-16)14-18-20-21-19(23-18)17-11-7-4-8-12-17/h3-12,15H,13-14H2,1-2H3/p+1. The zero-order chi connectivity index (χ0) is 16.1. The van der Waals surface area contributed by atoms with Gasteiger partial charge in [0.15, 0.2) is 6.54 Å². The van der Waals surface area contributed by atoms with E-state index in [1.54, 1.807) is 0 Å². The molecule has 3 rings (SSSR count). The topological polar surface area (TPSA) is 43.4 Å². The molecule has 118 valence electrons. The van der Waals surface area contributed by atoms with Crippen LogP contribution >= 0.6 is 0 Å². The summed E-state index contributed by atoms with van der Waals surface area (Å²) >= 11 is 0. The van der Waals surface area contributed by atoms with Crippen molar-refractivity contribution in [2.45, 2.75) is 33.0 Å². The van der Waals surface area contributed by atoms with Crippen LogP contribution in [0.5, 0.6) is 0 Å². The summed E-state index contributed by atoms with van der Waals surface area (Å²) in [4.78, 5) is 1.40. The average Bonchev–Trinajstić information content (AvgIpc) is 3.04. The van der Waals surface area contributed by atoms with Gasteiger partial charge >= 0.3 is 0 Å². The van der Waals surface area contributed by atoms with Crippen LogP contribution in [0.15, 0.2) is 65.1 Å². The largest absolute Gasteiger partial charge is 0.415 e. The molecule has 0 aliphatic heterocycles. The zero-order valence-corrected chi connectivity index (χ0v) is 13.6. The molecular formula is C19H22N3O+. The molecule has 1 heterocycles. The number of nitrogens with one attached hydrogen (secondary N) is 1. The molecule has 0 amide bonds. The number of nitrogens with zero attached hydrogens (tertiary/aromatic N) is 2. The monoisotopic (exact) mass is 308 g/mol. The van der Waals surface area contributed by atoms with Crippen molar-refractivity contribution in [2.75, 3.05) is 0 Å². The maximum atomic E-state index is 5.84. The predicted octanol–water partition coefficient (Wildman–Crippen LogP) is 2.73. The van der Waals surface area contributed by atoms with Gasteiger partial charge in [-0.2, -0.15) is 0 Å². The number of benzene rings is 2. The normalized spacial score (nSPS) is 12.5. The van der Waals surface area contributed by atoms with Gasteiger partial charge in [-0.15, -0.1) is 10.2 Å². The van der Waals surface area contributed by atoms with Gasteiger partial charge in [0, 0.05) is 11.1 Å². The van der Waals surface area contributed by atoms with Gasteiger partial charge in [0.25, 0.3) is 5.89 Å². The van der Waals surface area contributed by atoms with E-state index in [1.807, 2.05) is 36.4 Å². The lowest BCUT2D eigenvalue weighted by Crippen LogP contribution is -3.12. The van der Waals surface area contributed by atoms with Gasteiger partial charge in [0.1, 0.15) is 6.54 Å². The summed E-state index contributed by atoms with van der Waals surface area (Å²) in [5.41, 5.74) is 2.28. The molecule has 2 aromatic carbocycles. The molecule has 1 unspecified atom stereocenters. The van der Waals surface area contributed by atoms with Crippen molar-refractivity contribution in [1.29, 1.82) is 0 Å². The Hall–Kier alpha value is -2.46. The van der Waals surface area contributed by atoms with E-state index < -0.39 is 0 Å². The number of quaternary nitrogens is 1. The van der Waals surface area contributed by atoms with Crippen LogP contribution in [0.25, 0.3) is 11.5 Å². The fourth-order valence-electron chi connectivity index (χ4n) is 2.55. The van der Waals surface area contributed by atoms with Crippen LogP contribution in [-0.2, 0) is 13.1 Å². The van der Waals surface area contributed by atoms with Gasteiger partial charge < -0.3 is 9.32 Å². The fourth-order valence-corrected chi connectivity index (χ4v) is 2.55. The number of hydrogen-bond acceptors (Lipinski definition) is 3. The van der Waals surface area contributed by atoms with E-state index in [0.717, 1.165) is 18.7 Å². The smallest absolute Gasteiger partial charge is 0.271 e. The molecule has 4 heteroatoms. The molecule has 0 fully saturated rings. The van der Waals surface area contributed by atoms with Crippen molar-refractivity contribution in [3.8, 4) is 11.5 Å². The van der Waals surface area contributed by atoms with E-state index >= 15 is 0 Å². The van der Waals surface area contributed by atoms with Crippen LogP contribution in [0.2, 0.25) is 0 Å². The van der Waals surface area contributed by atoms with E-state index in [9.17, 15) is 0 Å². The molecule has 1 aromatic heterocycles. The Morgan fingerprint density at radius 2 is 1.52 bits per heavy atom. The Morgan fingerprint density at radius 1 is 0.870 bits per heavy atom. The minimum atomic E-state index is 0.474. The predicted molar refractivity (Wildman–Crippen MR) is 89.7 cm³/mol. The van der Waals surface area contributed by atoms with Crippen molar-refractivity contribution >= 4 is 0 Å². The Labute approximate surface area is 136 Å². The summed E-state index contributed by atoms with van der Waals surface area (Å²) in [6, 6.07) is 20.9. The summed E-state index contributed by atoms with van der Waals surface area (Å²) in [6.45, 7) is 6.10. The molecule has 1 N–H and O–H groups in total. The number of hydrogen-bond donors (Lipinski definition) is 1. The third-order valence-corrected chi connectivity index (χ3v) is 3.96. The summed E-state index contributed by atoms with van der Waals surface area (Å²) in [5.74, 6) is 1.27. The fraction of sp³-hybridized carbons (Fsp3) is 0.263. The molecule has 0 saturated heterocycles. The van der Waals surface area contributed by atoms with Crippen LogP contribution < -0.4 is 4.90 Å². The highest BCUT2D eigenvalue weighted by molar-refractivity contribution is 5.51. The molecule has 1 atom stereocenters. The molecule has 23 heavy (non-hydrogen) atoms. The van der Waals surface area contributed by atoms with Crippen molar-refractivity contribution < 1.29 is 9.32 Å². The van der Waals surface area contributed by atoms with Crippen molar-refractivity contribution in [3.05, 3.63) is 72.1 Å². The summed E-state index contributed by atoms with van der Waals surface area (Å²) in [7, 11) is 0. The zero-order valence-electron chi connectivity index (χ0n) is 13.6. The van der Waals surface area contributed by atoms with Crippen molar-refractivity contribution in [2.24, 2.45) is 0 Å². The second-order valence-electron chi connectivity index (χ2n) is 6.02.